The molecule has 0 aromatic rings. The Balaban J connectivity index is 3.96. The fraction of sp³-hybridized carbons (Fsp3) is 0.846. The van der Waals surface area contributed by atoms with Crippen LogP contribution in [-0.4, -0.2) is 35.0 Å². The predicted octanol–water partition coefficient (Wildman–Crippen LogP) is 2.53. The third kappa shape index (κ3) is 8.72. The molecule has 0 saturated heterocycles. The summed E-state index contributed by atoms with van der Waals surface area (Å²) in [5.41, 5.74) is 0.248. The second-order valence-electron chi connectivity index (χ2n) is 5.53. The van der Waals surface area contributed by atoms with E-state index in [1.165, 1.54) is 0 Å². The highest BCUT2D eigenvalue weighted by Crippen LogP contribution is 2.21. The van der Waals surface area contributed by atoms with E-state index >= 15 is 0 Å². The largest absolute Gasteiger partial charge is 0.481 e. The minimum Gasteiger partial charge on any atom is -0.481 e. The molecule has 0 fully saturated rings. The molecule has 0 aromatic carbocycles. The van der Waals surface area contributed by atoms with Crippen molar-refractivity contribution in [2.24, 2.45) is 5.41 Å². The molecule has 0 aromatic heterocycles. The monoisotopic (exact) mass is 243 g/mol. The van der Waals surface area contributed by atoms with Gasteiger partial charge in [-0.1, -0.05) is 20.8 Å². The average Bonchev–Trinajstić information content (AvgIpc) is 2.16. The molecule has 4 heteroatoms. The Morgan fingerprint density at radius 3 is 2.18 bits per heavy atom. The molecule has 0 rings (SSSR count). The summed E-state index contributed by atoms with van der Waals surface area (Å²) in [6.07, 6.45) is 2.42. The van der Waals surface area contributed by atoms with Crippen LogP contribution in [0.15, 0.2) is 0 Å². The van der Waals surface area contributed by atoms with Gasteiger partial charge in [-0.2, -0.15) is 0 Å². The first-order valence-electron chi connectivity index (χ1n) is 6.26. The number of carbonyl (C=O) groups excluding carboxylic acids is 1. The van der Waals surface area contributed by atoms with Crippen LogP contribution in [0, 0.1) is 5.41 Å². The molecular weight excluding hydrogens is 218 g/mol. The second kappa shape index (κ2) is 7.30. The second-order valence-corrected chi connectivity index (χ2v) is 5.53. The molecule has 0 heterocycles. The highest BCUT2D eigenvalue weighted by molar-refractivity contribution is 5.77. The zero-order valence-electron chi connectivity index (χ0n) is 11.5. The Morgan fingerprint density at radius 2 is 1.76 bits per heavy atom. The van der Waals surface area contributed by atoms with Gasteiger partial charge in [0, 0.05) is 19.5 Å². The van der Waals surface area contributed by atoms with Gasteiger partial charge in [-0.25, -0.2) is 0 Å². The molecule has 0 saturated carbocycles. The van der Waals surface area contributed by atoms with Crippen LogP contribution in [0.5, 0.6) is 0 Å². The van der Waals surface area contributed by atoms with Crippen LogP contribution in [0.4, 0.5) is 0 Å². The van der Waals surface area contributed by atoms with Gasteiger partial charge >= 0.3 is 5.97 Å². The van der Waals surface area contributed by atoms with Crippen LogP contribution in [0.2, 0.25) is 0 Å². The lowest BCUT2D eigenvalue weighted by molar-refractivity contribution is -0.138. The molecule has 0 unspecified atom stereocenters. The normalized spacial score (nSPS) is 11.3. The summed E-state index contributed by atoms with van der Waals surface area (Å²) in [7, 11) is 0. The molecule has 0 aliphatic heterocycles. The lowest BCUT2D eigenvalue weighted by atomic mass is 9.90. The maximum Gasteiger partial charge on any atom is 0.305 e. The van der Waals surface area contributed by atoms with Crippen molar-refractivity contribution in [2.75, 3.05) is 13.1 Å². The van der Waals surface area contributed by atoms with Gasteiger partial charge in [-0.05, 0) is 25.2 Å². The quantitative estimate of drug-likeness (QED) is 0.747. The number of hydrogen-bond acceptors (Lipinski definition) is 2. The van der Waals surface area contributed by atoms with E-state index < -0.39 is 5.97 Å². The molecule has 0 aliphatic rings. The number of amides is 1. The van der Waals surface area contributed by atoms with Crippen molar-refractivity contribution in [3.05, 3.63) is 0 Å². The van der Waals surface area contributed by atoms with Crippen molar-refractivity contribution in [1.82, 2.24) is 4.90 Å². The number of carboxylic acid groups (broad SMARTS) is 1. The fourth-order valence-electron chi connectivity index (χ4n) is 1.62. The highest BCUT2D eigenvalue weighted by atomic mass is 16.4. The molecule has 0 bridgehead atoms. The highest BCUT2D eigenvalue weighted by Gasteiger charge is 2.15. The number of carbonyl (C=O) groups is 2. The number of carboxylic acids is 1. The topological polar surface area (TPSA) is 57.6 Å². The molecule has 17 heavy (non-hydrogen) atoms. The lowest BCUT2D eigenvalue weighted by Gasteiger charge is -2.22. The SMILES string of the molecule is CCN(CCC(=O)O)C(=O)CCCC(C)(C)C. The molecule has 0 radical (unpaired) electrons. The Hall–Kier alpha value is -1.06. The van der Waals surface area contributed by atoms with Crippen LogP contribution in [0.25, 0.3) is 0 Å². The molecule has 4 nitrogen and oxygen atoms in total. The Morgan fingerprint density at radius 1 is 1.18 bits per heavy atom. The zero-order valence-corrected chi connectivity index (χ0v) is 11.5. The molecule has 1 amide bonds. The van der Waals surface area contributed by atoms with E-state index in [2.05, 4.69) is 20.8 Å². The minimum absolute atomic E-state index is 0.0266. The van der Waals surface area contributed by atoms with Crippen molar-refractivity contribution in [1.29, 1.82) is 0 Å². The van der Waals surface area contributed by atoms with Gasteiger partial charge in [0.15, 0.2) is 0 Å². The van der Waals surface area contributed by atoms with Gasteiger partial charge in [0.2, 0.25) is 5.91 Å². The molecule has 0 spiro atoms. The number of nitrogens with zero attached hydrogens (tertiary/aromatic N) is 1. The van der Waals surface area contributed by atoms with Gasteiger partial charge in [0.1, 0.15) is 0 Å². The van der Waals surface area contributed by atoms with E-state index in [0.29, 0.717) is 19.5 Å². The maximum absolute atomic E-state index is 11.8. The Labute approximate surface area is 104 Å². The van der Waals surface area contributed by atoms with Crippen molar-refractivity contribution < 1.29 is 14.7 Å². The smallest absolute Gasteiger partial charge is 0.305 e. The van der Waals surface area contributed by atoms with Crippen LogP contribution in [0.1, 0.15) is 53.4 Å². The van der Waals surface area contributed by atoms with Crippen molar-refractivity contribution >= 4 is 11.9 Å². The number of rotatable bonds is 7. The van der Waals surface area contributed by atoms with Gasteiger partial charge < -0.3 is 10.0 Å². The summed E-state index contributed by atoms with van der Waals surface area (Å²) in [4.78, 5) is 23.9. The fourth-order valence-corrected chi connectivity index (χ4v) is 1.62. The van der Waals surface area contributed by atoms with E-state index in [0.717, 1.165) is 12.8 Å². The third-order valence-electron chi connectivity index (χ3n) is 2.65. The van der Waals surface area contributed by atoms with Crippen molar-refractivity contribution in [3.8, 4) is 0 Å². The summed E-state index contributed by atoms with van der Waals surface area (Å²) >= 11 is 0. The van der Waals surface area contributed by atoms with Crippen LogP contribution in [0.3, 0.4) is 0 Å². The van der Waals surface area contributed by atoms with E-state index in [1.807, 2.05) is 6.92 Å². The first kappa shape index (κ1) is 15.9. The Bertz CT molecular complexity index is 256. The summed E-state index contributed by atoms with van der Waals surface area (Å²) in [5.74, 6) is -0.788. The third-order valence-corrected chi connectivity index (χ3v) is 2.65. The van der Waals surface area contributed by atoms with E-state index in [9.17, 15) is 9.59 Å². The van der Waals surface area contributed by atoms with Crippen LogP contribution >= 0.6 is 0 Å². The van der Waals surface area contributed by atoms with E-state index in [1.54, 1.807) is 4.90 Å². The Kier molecular flexibility index (Phi) is 6.85. The molecule has 100 valence electrons. The maximum atomic E-state index is 11.8. The predicted molar refractivity (Wildman–Crippen MR) is 67.8 cm³/mol. The summed E-state index contributed by atoms with van der Waals surface area (Å²) in [6.45, 7) is 9.24. The zero-order chi connectivity index (χ0) is 13.5. The first-order chi connectivity index (χ1) is 7.76. The summed E-state index contributed by atoms with van der Waals surface area (Å²) in [5, 5.41) is 8.58. The van der Waals surface area contributed by atoms with E-state index in [4.69, 9.17) is 5.11 Å². The first-order valence-corrected chi connectivity index (χ1v) is 6.26. The number of aliphatic carboxylic acids is 1. The van der Waals surface area contributed by atoms with E-state index in [-0.39, 0.29) is 17.7 Å². The van der Waals surface area contributed by atoms with Gasteiger partial charge in [0.25, 0.3) is 0 Å². The molecular formula is C13H25NO3. The van der Waals surface area contributed by atoms with Crippen LogP contribution < -0.4 is 0 Å². The minimum atomic E-state index is -0.856. The standard InChI is InChI=1S/C13H25NO3/c1-5-14(10-8-12(16)17)11(15)7-6-9-13(2,3)4/h5-10H2,1-4H3,(H,16,17). The average molecular weight is 243 g/mol. The van der Waals surface area contributed by atoms with Crippen molar-refractivity contribution in [3.63, 3.8) is 0 Å². The van der Waals surface area contributed by atoms with Gasteiger partial charge in [-0.3, -0.25) is 9.59 Å². The summed E-state index contributed by atoms with van der Waals surface area (Å²) in [6, 6.07) is 0. The molecule has 0 atom stereocenters. The lowest BCUT2D eigenvalue weighted by Crippen LogP contribution is -2.32. The van der Waals surface area contributed by atoms with Gasteiger partial charge in [-0.15, -0.1) is 0 Å². The summed E-state index contributed by atoms with van der Waals surface area (Å²) < 4.78 is 0. The van der Waals surface area contributed by atoms with Crippen molar-refractivity contribution in [2.45, 2.75) is 53.4 Å². The molecule has 1 N–H and O–H groups in total. The molecule has 0 aliphatic carbocycles. The number of hydrogen-bond donors (Lipinski definition) is 1. The van der Waals surface area contributed by atoms with Crippen LogP contribution in [-0.2, 0) is 9.59 Å². The van der Waals surface area contributed by atoms with Gasteiger partial charge in [0.05, 0.1) is 6.42 Å².